The first-order valence-corrected chi connectivity index (χ1v) is 7.90. The van der Waals surface area contributed by atoms with Gasteiger partial charge in [-0.3, -0.25) is 10.1 Å². The van der Waals surface area contributed by atoms with Crippen LogP contribution in [0.5, 0.6) is 0 Å². The molecule has 1 aliphatic heterocycles. The molecule has 21 heavy (non-hydrogen) atoms. The zero-order valence-corrected chi connectivity index (χ0v) is 12.3. The average molecular weight is 315 g/mol. The molecule has 0 amide bonds. The third kappa shape index (κ3) is 2.99. The third-order valence-electron chi connectivity index (χ3n) is 3.56. The van der Waals surface area contributed by atoms with Crippen LogP contribution in [0.4, 0.5) is 11.4 Å². The summed E-state index contributed by atoms with van der Waals surface area (Å²) in [6, 6.07) is 2.30. The van der Waals surface area contributed by atoms with E-state index in [2.05, 4.69) is 0 Å². The lowest BCUT2D eigenvalue weighted by molar-refractivity contribution is -0.384. The van der Waals surface area contributed by atoms with Crippen molar-refractivity contribution in [1.29, 1.82) is 0 Å². The number of nitrogen functional groups attached to an aromatic ring is 1. The minimum Gasteiger partial charge on any atom is -0.393 e. The molecule has 0 bridgehead atoms. The summed E-state index contributed by atoms with van der Waals surface area (Å²) in [6.07, 6.45) is 0.211. The van der Waals surface area contributed by atoms with Crippen molar-refractivity contribution in [1.82, 2.24) is 4.31 Å². The minimum atomic E-state index is -3.83. The van der Waals surface area contributed by atoms with Crippen molar-refractivity contribution < 1.29 is 18.4 Å². The molecule has 0 radical (unpaired) electrons. The monoisotopic (exact) mass is 315 g/mol. The molecule has 8 nitrogen and oxygen atoms in total. The van der Waals surface area contributed by atoms with E-state index in [1.165, 1.54) is 10.4 Å². The molecule has 0 spiro atoms. The molecule has 1 heterocycles. The Labute approximate surface area is 122 Å². The van der Waals surface area contributed by atoms with E-state index in [0.29, 0.717) is 18.4 Å². The molecular formula is C12H17N3O5S. The Hall–Kier alpha value is -1.71. The Morgan fingerprint density at radius 2 is 1.95 bits per heavy atom. The Morgan fingerprint density at radius 3 is 2.48 bits per heavy atom. The standard InChI is InChI=1S/C12H17N3O5S/c1-8-6-10(13)11(15(17)18)7-12(8)21(19,20)14-4-2-9(16)3-5-14/h6-7,9,16H,2-5,13H2,1H3. The summed E-state index contributed by atoms with van der Waals surface area (Å²) in [5.41, 5.74) is 5.43. The summed E-state index contributed by atoms with van der Waals surface area (Å²) in [6.45, 7) is 1.94. The smallest absolute Gasteiger partial charge is 0.293 e. The quantitative estimate of drug-likeness (QED) is 0.478. The summed E-state index contributed by atoms with van der Waals surface area (Å²) >= 11 is 0. The van der Waals surface area contributed by atoms with Gasteiger partial charge in [-0.2, -0.15) is 4.31 Å². The lowest BCUT2D eigenvalue weighted by Gasteiger charge is -2.29. The number of rotatable bonds is 3. The molecule has 116 valence electrons. The molecule has 1 saturated heterocycles. The van der Waals surface area contributed by atoms with Crippen LogP contribution in [0.1, 0.15) is 18.4 Å². The first kappa shape index (κ1) is 15.7. The van der Waals surface area contributed by atoms with E-state index < -0.39 is 26.7 Å². The van der Waals surface area contributed by atoms with Crippen molar-refractivity contribution in [3.63, 3.8) is 0 Å². The van der Waals surface area contributed by atoms with Crippen LogP contribution in [0.15, 0.2) is 17.0 Å². The van der Waals surface area contributed by atoms with Gasteiger partial charge in [-0.05, 0) is 31.4 Å². The Kier molecular flexibility index (Phi) is 4.17. The maximum Gasteiger partial charge on any atom is 0.293 e. The number of aryl methyl sites for hydroxylation is 1. The predicted molar refractivity (Wildman–Crippen MR) is 76.2 cm³/mol. The van der Waals surface area contributed by atoms with Crippen LogP contribution in [0.2, 0.25) is 0 Å². The second-order valence-electron chi connectivity index (χ2n) is 5.07. The molecule has 3 N–H and O–H groups in total. The molecule has 1 fully saturated rings. The van der Waals surface area contributed by atoms with Crippen LogP contribution >= 0.6 is 0 Å². The normalized spacial score (nSPS) is 17.8. The van der Waals surface area contributed by atoms with Crippen LogP contribution in [-0.4, -0.2) is 41.9 Å². The largest absolute Gasteiger partial charge is 0.393 e. The van der Waals surface area contributed by atoms with Crippen LogP contribution in [0.25, 0.3) is 0 Å². The molecule has 0 aliphatic carbocycles. The first-order chi connectivity index (χ1) is 9.73. The number of anilines is 1. The van der Waals surface area contributed by atoms with Gasteiger partial charge in [0.05, 0.1) is 15.9 Å². The number of benzene rings is 1. The summed E-state index contributed by atoms with van der Waals surface area (Å²) in [7, 11) is -3.83. The SMILES string of the molecule is Cc1cc(N)c([N+](=O)[O-])cc1S(=O)(=O)N1CCC(O)CC1. The molecule has 0 aromatic heterocycles. The Bertz CT molecular complexity index is 666. The Morgan fingerprint density at radius 1 is 1.38 bits per heavy atom. The van der Waals surface area contributed by atoms with Crippen molar-refractivity contribution in [3.05, 3.63) is 27.8 Å². The zero-order chi connectivity index (χ0) is 15.8. The summed E-state index contributed by atoms with van der Waals surface area (Å²) in [5.74, 6) is 0. The number of hydrogen-bond acceptors (Lipinski definition) is 6. The van der Waals surface area contributed by atoms with Crippen molar-refractivity contribution >= 4 is 21.4 Å². The van der Waals surface area contributed by atoms with E-state index in [0.717, 1.165) is 6.07 Å². The summed E-state index contributed by atoms with van der Waals surface area (Å²) < 4.78 is 26.4. The number of aliphatic hydroxyl groups excluding tert-OH is 1. The van der Waals surface area contributed by atoms with Gasteiger partial charge in [0.15, 0.2) is 0 Å². The highest BCUT2D eigenvalue weighted by atomic mass is 32.2. The zero-order valence-electron chi connectivity index (χ0n) is 11.5. The molecule has 0 unspecified atom stereocenters. The fourth-order valence-electron chi connectivity index (χ4n) is 2.36. The van der Waals surface area contributed by atoms with Gasteiger partial charge in [0.2, 0.25) is 10.0 Å². The summed E-state index contributed by atoms with van der Waals surface area (Å²) in [5, 5.41) is 20.4. The van der Waals surface area contributed by atoms with Crippen molar-refractivity contribution in [2.24, 2.45) is 0 Å². The highest BCUT2D eigenvalue weighted by Crippen LogP contribution is 2.31. The maximum atomic E-state index is 12.6. The third-order valence-corrected chi connectivity index (χ3v) is 5.60. The van der Waals surface area contributed by atoms with E-state index in [9.17, 15) is 23.6 Å². The highest BCUT2D eigenvalue weighted by Gasteiger charge is 2.31. The number of nitrogens with two attached hydrogens (primary N) is 1. The molecule has 2 rings (SSSR count). The second-order valence-corrected chi connectivity index (χ2v) is 6.98. The van der Waals surface area contributed by atoms with Crippen molar-refractivity contribution in [3.8, 4) is 0 Å². The highest BCUT2D eigenvalue weighted by molar-refractivity contribution is 7.89. The molecule has 0 atom stereocenters. The van der Waals surface area contributed by atoms with Crippen LogP contribution in [0.3, 0.4) is 0 Å². The number of nitrogens with zero attached hydrogens (tertiary/aromatic N) is 2. The van der Waals surface area contributed by atoms with Crippen LogP contribution < -0.4 is 5.73 Å². The Balaban J connectivity index is 2.45. The number of aliphatic hydroxyl groups is 1. The fraction of sp³-hybridized carbons (Fsp3) is 0.500. The van der Waals surface area contributed by atoms with Crippen molar-refractivity contribution in [2.75, 3.05) is 18.8 Å². The number of nitro benzene ring substituents is 1. The number of nitro groups is 1. The van der Waals surface area contributed by atoms with Gasteiger partial charge >= 0.3 is 0 Å². The predicted octanol–water partition coefficient (Wildman–Crippen LogP) is 0.631. The van der Waals surface area contributed by atoms with Crippen LogP contribution in [0, 0.1) is 17.0 Å². The van der Waals surface area contributed by atoms with Gasteiger partial charge in [0, 0.05) is 19.2 Å². The van der Waals surface area contributed by atoms with E-state index in [4.69, 9.17) is 5.73 Å². The first-order valence-electron chi connectivity index (χ1n) is 6.46. The number of sulfonamides is 1. The van der Waals surface area contributed by atoms with Crippen molar-refractivity contribution in [2.45, 2.75) is 30.8 Å². The van der Waals surface area contributed by atoms with Gasteiger partial charge < -0.3 is 10.8 Å². The van der Waals surface area contributed by atoms with E-state index >= 15 is 0 Å². The molecule has 9 heteroatoms. The van der Waals surface area contributed by atoms with Gasteiger partial charge in [-0.1, -0.05) is 0 Å². The lowest BCUT2D eigenvalue weighted by atomic mass is 10.1. The van der Waals surface area contributed by atoms with Crippen LogP contribution in [-0.2, 0) is 10.0 Å². The number of piperidine rings is 1. The maximum absolute atomic E-state index is 12.6. The van der Waals surface area contributed by atoms with E-state index in [1.54, 1.807) is 6.92 Å². The minimum absolute atomic E-state index is 0.0643. The van der Waals surface area contributed by atoms with E-state index in [-0.39, 0.29) is 23.7 Å². The second kappa shape index (κ2) is 5.58. The number of hydrogen-bond donors (Lipinski definition) is 2. The van der Waals surface area contributed by atoms with Gasteiger partial charge in [-0.15, -0.1) is 0 Å². The van der Waals surface area contributed by atoms with Gasteiger partial charge in [0.1, 0.15) is 5.69 Å². The molecule has 1 aromatic carbocycles. The lowest BCUT2D eigenvalue weighted by Crippen LogP contribution is -2.40. The molecule has 0 saturated carbocycles. The fourth-order valence-corrected chi connectivity index (χ4v) is 4.05. The van der Waals surface area contributed by atoms with E-state index in [1.807, 2.05) is 0 Å². The summed E-state index contributed by atoms with van der Waals surface area (Å²) in [4.78, 5) is 10.1. The average Bonchev–Trinajstić information content (AvgIpc) is 2.38. The van der Waals surface area contributed by atoms with Gasteiger partial charge in [0.25, 0.3) is 5.69 Å². The topological polar surface area (TPSA) is 127 Å². The molecule has 1 aliphatic rings. The molecule has 1 aromatic rings. The van der Waals surface area contributed by atoms with Gasteiger partial charge in [-0.25, -0.2) is 8.42 Å². The molecular weight excluding hydrogens is 298 g/mol.